The summed E-state index contributed by atoms with van der Waals surface area (Å²) in [4.78, 5) is 1.40. The molecular formula is C18H20Cl2O2S2. The second-order valence-electron chi connectivity index (χ2n) is 5.62. The van der Waals surface area contributed by atoms with Crippen LogP contribution in [0, 0.1) is 13.8 Å². The molecule has 0 aromatic heterocycles. The Morgan fingerprint density at radius 3 is 1.29 bits per heavy atom. The van der Waals surface area contributed by atoms with Crippen LogP contribution < -0.4 is 0 Å². The van der Waals surface area contributed by atoms with Gasteiger partial charge in [0.2, 0.25) is 0 Å². The lowest BCUT2D eigenvalue weighted by Crippen LogP contribution is -2.14. The summed E-state index contributed by atoms with van der Waals surface area (Å²) in [6.45, 7) is 3.95. The van der Waals surface area contributed by atoms with Gasteiger partial charge in [-0.2, -0.15) is 0 Å². The van der Waals surface area contributed by atoms with Crippen LogP contribution in [0.1, 0.15) is 24.0 Å². The number of rotatable bonds is 7. The maximum absolute atomic E-state index is 12.4. The van der Waals surface area contributed by atoms with E-state index >= 15 is 0 Å². The minimum absolute atomic E-state index is 0.438. The van der Waals surface area contributed by atoms with E-state index in [9.17, 15) is 8.42 Å². The van der Waals surface area contributed by atoms with Crippen LogP contribution >= 0.6 is 23.2 Å². The first-order valence-electron chi connectivity index (χ1n) is 7.61. The van der Waals surface area contributed by atoms with Gasteiger partial charge in [0.05, 0.1) is 21.6 Å². The van der Waals surface area contributed by atoms with Gasteiger partial charge in [-0.3, -0.25) is 8.42 Å². The fourth-order valence-corrected chi connectivity index (χ4v) is 5.09. The Kier molecular flexibility index (Phi) is 7.48. The Hall–Kier alpha value is -0.680. The molecule has 4 unspecified atom stereocenters. The highest BCUT2D eigenvalue weighted by atomic mass is 35.5. The fourth-order valence-electron chi connectivity index (χ4n) is 2.12. The summed E-state index contributed by atoms with van der Waals surface area (Å²) >= 11 is 12.5. The van der Waals surface area contributed by atoms with Crippen LogP contribution in [-0.2, 0) is 21.6 Å². The third-order valence-corrected chi connectivity index (χ3v) is 7.87. The third-order valence-electron chi connectivity index (χ3n) is 3.59. The number of alkyl halides is 2. The van der Waals surface area contributed by atoms with Crippen molar-refractivity contribution in [3.8, 4) is 0 Å². The summed E-state index contributed by atoms with van der Waals surface area (Å²) in [7, 11) is -2.61. The van der Waals surface area contributed by atoms with Crippen molar-refractivity contribution in [3.63, 3.8) is 0 Å². The molecule has 4 atom stereocenters. The molecule has 2 aromatic carbocycles. The number of benzene rings is 2. The molecule has 6 heteroatoms. The number of hydrogen-bond donors (Lipinski definition) is 0. The lowest BCUT2D eigenvalue weighted by Gasteiger charge is -2.13. The number of halogens is 2. The molecule has 2 aromatic rings. The molecule has 0 aliphatic rings. The Morgan fingerprint density at radius 1 is 0.708 bits per heavy atom. The van der Waals surface area contributed by atoms with Crippen molar-refractivity contribution in [2.45, 2.75) is 45.9 Å². The first-order chi connectivity index (χ1) is 11.4. The summed E-state index contributed by atoms with van der Waals surface area (Å²) in [5, 5.41) is 0. The lowest BCUT2D eigenvalue weighted by atomic mass is 10.2. The molecule has 0 fully saturated rings. The Labute approximate surface area is 158 Å². The Bertz CT molecular complexity index is 651. The predicted octanol–water partition coefficient (Wildman–Crippen LogP) is 5.13. The Morgan fingerprint density at radius 2 is 1.00 bits per heavy atom. The molecule has 0 heterocycles. The average Bonchev–Trinajstić information content (AvgIpc) is 2.59. The minimum atomic E-state index is -1.31. The molecule has 0 bridgehead atoms. The molecular weight excluding hydrogens is 383 g/mol. The van der Waals surface area contributed by atoms with Crippen LogP contribution in [-0.4, -0.2) is 17.8 Å². The Balaban J connectivity index is 1.91. The topological polar surface area (TPSA) is 34.1 Å². The van der Waals surface area contributed by atoms with E-state index < -0.39 is 31.0 Å². The van der Waals surface area contributed by atoms with Crippen LogP contribution in [0.15, 0.2) is 58.3 Å². The van der Waals surface area contributed by atoms with Crippen LogP contribution in [0.25, 0.3) is 0 Å². The molecule has 2 nitrogen and oxygen atoms in total. The zero-order valence-electron chi connectivity index (χ0n) is 13.6. The zero-order valence-corrected chi connectivity index (χ0v) is 16.7. The molecule has 0 aliphatic carbocycles. The van der Waals surface area contributed by atoms with E-state index in [1.165, 1.54) is 0 Å². The largest absolute Gasteiger partial charge is 0.253 e. The normalized spacial score (nSPS) is 16.3. The monoisotopic (exact) mass is 402 g/mol. The van der Waals surface area contributed by atoms with Crippen molar-refractivity contribution in [2.75, 3.05) is 0 Å². The van der Waals surface area contributed by atoms with Crippen LogP contribution in [0.2, 0.25) is 0 Å². The average molecular weight is 403 g/mol. The van der Waals surface area contributed by atoms with Crippen molar-refractivity contribution in [3.05, 3.63) is 59.7 Å². The van der Waals surface area contributed by atoms with Gasteiger partial charge < -0.3 is 0 Å². The summed E-state index contributed by atoms with van der Waals surface area (Å²) in [5.74, 6) is 0. The van der Waals surface area contributed by atoms with E-state index in [1.807, 2.05) is 62.4 Å². The SMILES string of the molecule is Cc1ccc(S(=O)C(Cl)CCC(Cl)S(=O)c2ccc(C)cc2)cc1. The van der Waals surface area contributed by atoms with Gasteiger partial charge in [-0.05, 0) is 51.0 Å². The molecule has 24 heavy (non-hydrogen) atoms. The van der Waals surface area contributed by atoms with Gasteiger partial charge in [-0.25, -0.2) is 0 Å². The molecule has 0 saturated carbocycles. The third kappa shape index (κ3) is 5.41. The first-order valence-corrected chi connectivity index (χ1v) is 10.9. The first kappa shape index (κ1) is 19.6. The van der Waals surface area contributed by atoms with Crippen LogP contribution in [0.4, 0.5) is 0 Å². The summed E-state index contributed by atoms with van der Waals surface area (Å²) in [5.41, 5.74) is 2.22. The maximum atomic E-state index is 12.4. The molecule has 2 rings (SSSR count). The van der Waals surface area contributed by atoms with Crippen molar-refractivity contribution in [1.82, 2.24) is 0 Å². The van der Waals surface area contributed by atoms with Crippen molar-refractivity contribution >= 4 is 44.8 Å². The molecule has 0 aliphatic heterocycles. The summed E-state index contributed by atoms with van der Waals surface area (Å²) < 4.78 is 23.7. The summed E-state index contributed by atoms with van der Waals surface area (Å²) in [6.07, 6.45) is 0.877. The van der Waals surface area contributed by atoms with Crippen molar-refractivity contribution < 1.29 is 8.42 Å². The predicted molar refractivity (Wildman–Crippen MR) is 104 cm³/mol. The van der Waals surface area contributed by atoms with E-state index in [2.05, 4.69) is 0 Å². The highest BCUT2D eigenvalue weighted by Gasteiger charge is 2.21. The van der Waals surface area contributed by atoms with Crippen molar-refractivity contribution in [1.29, 1.82) is 0 Å². The van der Waals surface area contributed by atoms with Crippen LogP contribution in [0.5, 0.6) is 0 Å². The van der Waals surface area contributed by atoms with E-state index in [-0.39, 0.29) is 0 Å². The standard InChI is InChI=1S/C18H20Cl2O2S2/c1-13-3-7-15(8-4-13)23(21)17(19)11-12-18(20)24(22)16-9-5-14(2)6-10-16/h3-10,17-18H,11-12H2,1-2H3. The van der Waals surface area contributed by atoms with E-state index in [0.29, 0.717) is 22.6 Å². The second kappa shape index (κ2) is 9.14. The number of hydrogen-bond acceptors (Lipinski definition) is 2. The van der Waals surface area contributed by atoms with Crippen LogP contribution in [0.3, 0.4) is 0 Å². The molecule has 130 valence electrons. The summed E-state index contributed by atoms with van der Waals surface area (Å²) in [6, 6.07) is 14.9. The van der Waals surface area contributed by atoms with Gasteiger partial charge >= 0.3 is 0 Å². The maximum Gasteiger partial charge on any atom is 0.113 e. The van der Waals surface area contributed by atoms with Gasteiger partial charge in [0, 0.05) is 9.79 Å². The fraction of sp³-hybridized carbons (Fsp3) is 0.333. The molecule has 0 N–H and O–H groups in total. The number of aryl methyl sites for hydroxylation is 2. The van der Waals surface area contributed by atoms with E-state index in [4.69, 9.17) is 23.2 Å². The smallest absolute Gasteiger partial charge is 0.113 e. The highest BCUT2D eigenvalue weighted by Crippen LogP contribution is 2.24. The van der Waals surface area contributed by atoms with Crippen molar-refractivity contribution in [2.24, 2.45) is 0 Å². The molecule has 0 saturated heterocycles. The van der Waals surface area contributed by atoms with Gasteiger partial charge in [0.25, 0.3) is 0 Å². The van der Waals surface area contributed by atoms with E-state index in [0.717, 1.165) is 11.1 Å². The van der Waals surface area contributed by atoms with Gasteiger partial charge in [-0.15, -0.1) is 23.2 Å². The van der Waals surface area contributed by atoms with Gasteiger partial charge in [-0.1, -0.05) is 35.4 Å². The van der Waals surface area contributed by atoms with Gasteiger partial charge in [0.15, 0.2) is 0 Å². The molecule has 0 radical (unpaired) electrons. The highest BCUT2D eigenvalue weighted by molar-refractivity contribution is 7.87. The molecule has 0 spiro atoms. The molecule has 0 amide bonds. The minimum Gasteiger partial charge on any atom is -0.253 e. The van der Waals surface area contributed by atoms with Gasteiger partial charge in [0.1, 0.15) is 9.42 Å². The lowest BCUT2D eigenvalue weighted by molar-refractivity contribution is 0.666. The zero-order chi connectivity index (χ0) is 17.7. The second-order valence-corrected chi connectivity index (χ2v) is 10.5. The quantitative estimate of drug-likeness (QED) is 0.601. The van der Waals surface area contributed by atoms with E-state index in [1.54, 1.807) is 0 Å².